The summed E-state index contributed by atoms with van der Waals surface area (Å²) in [7, 11) is 0. The molecule has 0 atom stereocenters. The number of ether oxygens (including phenoxy) is 1. The third-order valence-electron chi connectivity index (χ3n) is 3.45. The molecule has 0 bridgehead atoms. The highest BCUT2D eigenvalue weighted by atomic mass is 32.1. The average molecular weight is 236 g/mol. The molecule has 0 unspecified atom stereocenters. The zero-order valence-electron chi connectivity index (χ0n) is 9.91. The number of hydrogen-bond acceptors (Lipinski definition) is 2. The lowest BCUT2D eigenvalue weighted by atomic mass is 9.76. The molecule has 2 rings (SSSR count). The monoisotopic (exact) mass is 236 g/mol. The van der Waals surface area contributed by atoms with Crippen LogP contribution in [0.5, 0.6) is 0 Å². The second-order valence-corrected chi connectivity index (χ2v) is 5.14. The van der Waals surface area contributed by atoms with Crippen molar-refractivity contribution in [3.63, 3.8) is 0 Å². The number of rotatable bonds is 5. The van der Waals surface area contributed by atoms with Gasteiger partial charge in [-0.1, -0.05) is 37.6 Å². The topological polar surface area (TPSA) is 9.23 Å². The third-order valence-corrected chi connectivity index (χ3v) is 3.68. The van der Waals surface area contributed by atoms with Gasteiger partial charge in [-0.25, -0.2) is 0 Å². The van der Waals surface area contributed by atoms with Gasteiger partial charge in [0, 0.05) is 5.41 Å². The minimum Gasteiger partial charge on any atom is -0.379 e. The van der Waals surface area contributed by atoms with Crippen LogP contribution in [-0.4, -0.2) is 19.0 Å². The Morgan fingerprint density at radius 1 is 1.25 bits per heavy atom. The Kier molecular flexibility index (Phi) is 3.93. The first-order valence-electron chi connectivity index (χ1n) is 6.09. The molecule has 88 valence electrons. The van der Waals surface area contributed by atoms with Crippen molar-refractivity contribution >= 4 is 12.6 Å². The molecule has 2 heteroatoms. The molecule has 1 nitrogen and oxygen atoms in total. The van der Waals surface area contributed by atoms with E-state index in [-0.39, 0.29) is 5.41 Å². The van der Waals surface area contributed by atoms with Gasteiger partial charge in [-0.2, -0.15) is 12.6 Å². The highest BCUT2D eigenvalue weighted by molar-refractivity contribution is 7.80. The summed E-state index contributed by atoms with van der Waals surface area (Å²) in [5.74, 6) is 0.931. The lowest BCUT2D eigenvalue weighted by Gasteiger charge is -2.42. The molecule has 1 aromatic rings. The zero-order chi connectivity index (χ0) is 11.4. The zero-order valence-corrected chi connectivity index (χ0v) is 10.8. The molecule has 1 aliphatic heterocycles. The molecule has 1 aliphatic rings. The van der Waals surface area contributed by atoms with Gasteiger partial charge >= 0.3 is 0 Å². The van der Waals surface area contributed by atoms with Gasteiger partial charge in [0.1, 0.15) is 0 Å². The van der Waals surface area contributed by atoms with E-state index < -0.39 is 0 Å². The van der Waals surface area contributed by atoms with E-state index in [0.717, 1.165) is 25.4 Å². The molecule has 0 amide bonds. The van der Waals surface area contributed by atoms with Crippen molar-refractivity contribution < 1.29 is 4.74 Å². The van der Waals surface area contributed by atoms with Gasteiger partial charge in [0.25, 0.3) is 0 Å². The molecule has 1 saturated heterocycles. The van der Waals surface area contributed by atoms with E-state index in [1.807, 2.05) is 0 Å². The highest BCUT2D eigenvalue weighted by Crippen LogP contribution is 2.36. The van der Waals surface area contributed by atoms with Crippen LogP contribution in [-0.2, 0) is 16.6 Å². The summed E-state index contributed by atoms with van der Waals surface area (Å²) in [6.45, 7) is 3.94. The van der Waals surface area contributed by atoms with Gasteiger partial charge in [0.2, 0.25) is 0 Å². The van der Waals surface area contributed by atoms with Crippen LogP contribution in [0, 0.1) is 0 Å². The molecule has 0 saturated carbocycles. The minimum absolute atomic E-state index is 0.256. The fourth-order valence-corrected chi connectivity index (χ4v) is 2.76. The SMILES string of the molecule is CCCc1ccc(C2(CCS)COC2)cc1. The van der Waals surface area contributed by atoms with Gasteiger partial charge in [0.15, 0.2) is 0 Å². The van der Waals surface area contributed by atoms with Crippen LogP contribution in [0.15, 0.2) is 24.3 Å². The summed E-state index contributed by atoms with van der Waals surface area (Å²) in [4.78, 5) is 0. The van der Waals surface area contributed by atoms with Gasteiger partial charge in [-0.05, 0) is 29.7 Å². The van der Waals surface area contributed by atoms with Crippen molar-refractivity contribution in [2.24, 2.45) is 0 Å². The molecule has 0 N–H and O–H groups in total. The van der Waals surface area contributed by atoms with E-state index in [1.165, 1.54) is 24.0 Å². The van der Waals surface area contributed by atoms with Gasteiger partial charge in [0.05, 0.1) is 13.2 Å². The van der Waals surface area contributed by atoms with Crippen molar-refractivity contribution in [3.05, 3.63) is 35.4 Å². The lowest BCUT2D eigenvalue weighted by Crippen LogP contribution is -2.47. The van der Waals surface area contributed by atoms with Crippen LogP contribution in [0.3, 0.4) is 0 Å². The van der Waals surface area contributed by atoms with E-state index in [0.29, 0.717) is 0 Å². The maximum absolute atomic E-state index is 5.39. The van der Waals surface area contributed by atoms with E-state index >= 15 is 0 Å². The number of thiol groups is 1. The summed E-state index contributed by atoms with van der Waals surface area (Å²) in [6, 6.07) is 9.07. The summed E-state index contributed by atoms with van der Waals surface area (Å²) in [5, 5.41) is 0. The summed E-state index contributed by atoms with van der Waals surface area (Å²) in [6.07, 6.45) is 3.50. The largest absolute Gasteiger partial charge is 0.379 e. The van der Waals surface area contributed by atoms with Crippen LogP contribution in [0.25, 0.3) is 0 Å². The van der Waals surface area contributed by atoms with Crippen molar-refractivity contribution in [1.29, 1.82) is 0 Å². The van der Waals surface area contributed by atoms with E-state index in [2.05, 4.69) is 43.8 Å². The van der Waals surface area contributed by atoms with Crippen LogP contribution < -0.4 is 0 Å². The van der Waals surface area contributed by atoms with E-state index in [1.54, 1.807) is 0 Å². The van der Waals surface area contributed by atoms with Crippen molar-refractivity contribution in [1.82, 2.24) is 0 Å². The average Bonchev–Trinajstić information content (AvgIpc) is 2.25. The van der Waals surface area contributed by atoms with Crippen molar-refractivity contribution in [2.75, 3.05) is 19.0 Å². The van der Waals surface area contributed by atoms with Crippen LogP contribution in [0.1, 0.15) is 30.9 Å². The summed E-state index contributed by atoms with van der Waals surface area (Å²) >= 11 is 4.35. The number of aryl methyl sites for hydroxylation is 1. The van der Waals surface area contributed by atoms with Crippen molar-refractivity contribution in [2.45, 2.75) is 31.6 Å². The second-order valence-electron chi connectivity index (χ2n) is 4.69. The predicted molar refractivity (Wildman–Crippen MR) is 71.4 cm³/mol. The fourth-order valence-electron chi connectivity index (χ4n) is 2.33. The molecule has 0 aromatic heterocycles. The smallest absolute Gasteiger partial charge is 0.0585 e. The Morgan fingerprint density at radius 3 is 2.38 bits per heavy atom. The second kappa shape index (κ2) is 5.24. The molecule has 0 aliphatic carbocycles. The maximum Gasteiger partial charge on any atom is 0.0585 e. The number of benzene rings is 1. The first-order chi connectivity index (χ1) is 7.80. The predicted octanol–water partition coefficient (Wildman–Crippen LogP) is 3.23. The van der Waals surface area contributed by atoms with Crippen molar-refractivity contribution in [3.8, 4) is 0 Å². The molecule has 0 spiro atoms. The molecular formula is C14H20OS. The standard InChI is InChI=1S/C14H20OS/c1-2-3-12-4-6-13(7-5-12)14(8-9-16)10-15-11-14/h4-7,16H,2-3,8-11H2,1H3. The van der Waals surface area contributed by atoms with Crippen LogP contribution >= 0.6 is 12.6 Å². The number of hydrogen-bond donors (Lipinski definition) is 1. The van der Waals surface area contributed by atoms with Gasteiger partial charge in [-0.3, -0.25) is 0 Å². The third kappa shape index (κ3) is 2.28. The summed E-state index contributed by atoms with van der Waals surface area (Å²) < 4.78 is 5.39. The maximum atomic E-state index is 5.39. The van der Waals surface area contributed by atoms with Crippen LogP contribution in [0.2, 0.25) is 0 Å². The Labute approximate surface area is 104 Å². The highest BCUT2D eigenvalue weighted by Gasteiger charge is 2.39. The molecule has 16 heavy (non-hydrogen) atoms. The van der Waals surface area contributed by atoms with E-state index in [4.69, 9.17) is 4.74 Å². The Morgan fingerprint density at radius 2 is 1.94 bits per heavy atom. The summed E-state index contributed by atoms with van der Waals surface area (Å²) in [5.41, 5.74) is 3.12. The Hall–Kier alpha value is -0.470. The van der Waals surface area contributed by atoms with E-state index in [9.17, 15) is 0 Å². The molecule has 0 radical (unpaired) electrons. The molecule has 1 heterocycles. The van der Waals surface area contributed by atoms with Gasteiger partial charge < -0.3 is 4.74 Å². The van der Waals surface area contributed by atoms with Crippen LogP contribution in [0.4, 0.5) is 0 Å². The first-order valence-corrected chi connectivity index (χ1v) is 6.72. The lowest BCUT2D eigenvalue weighted by molar-refractivity contribution is -0.0613. The Balaban J connectivity index is 2.13. The van der Waals surface area contributed by atoms with Gasteiger partial charge in [-0.15, -0.1) is 0 Å². The minimum atomic E-state index is 0.256. The molecule has 1 fully saturated rings. The molecular weight excluding hydrogens is 216 g/mol. The molecule has 1 aromatic carbocycles. The fraction of sp³-hybridized carbons (Fsp3) is 0.571. The normalized spacial score (nSPS) is 18.1. The first kappa shape index (κ1) is 12.0. The quantitative estimate of drug-likeness (QED) is 0.772. The Bertz CT molecular complexity index is 327.